The highest BCUT2D eigenvalue weighted by molar-refractivity contribution is 9.10. The Bertz CT molecular complexity index is 584. The third-order valence-electron chi connectivity index (χ3n) is 2.38. The summed E-state index contributed by atoms with van der Waals surface area (Å²) in [6.07, 6.45) is 4.89. The molecule has 0 aliphatic rings. The van der Waals surface area contributed by atoms with E-state index in [0.717, 1.165) is 15.7 Å². The summed E-state index contributed by atoms with van der Waals surface area (Å²) >= 11 is 3.35. The van der Waals surface area contributed by atoms with Crippen molar-refractivity contribution in [3.05, 3.63) is 58.8 Å². The van der Waals surface area contributed by atoms with Crippen LogP contribution in [0.5, 0.6) is 0 Å². The van der Waals surface area contributed by atoms with Crippen LogP contribution in [0.2, 0.25) is 0 Å². The molecule has 20 heavy (non-hydrogen) atoms. The number of amides is 1. The Morgan fingerprint density at radius 2 is 2.10 bits per heavy atom. The van der Waals surface area contributed by atoms with E-state index in [1.54, 1.807) is 24.7 Å². The number of halogens is 1. The van der Waals surface area contributed by atoms with Gasteiger partial charge in [-0.15, -0.1) is 0 Å². The quantitative estimate of drug-likeness (QED) is 0.652. The molecule has 2 N–H and O–H groups in total. The minimum absolute atomic E-state index is 0.159. The summed E-state index contributed by atoms with van der Waals surface area (Å²) in [4.78, 5) is 15.5. The number of rotatable bonds is 5. The molecule has 1 aromatic heterocycles. The van der Waals surface area contributed by atoms with E-state index in [4.69, 9.17) is 0 Å². The van der Waals surface area contributed by atoms with Crippen LogP contribution in [-0.4, -0.2) is 23.7 Å². The number of aromatic nitrogens is 1. The van der Waals surface area contributed by atoms with E-state index >= 15 is 0 Å². The van der Waals surface area contributed by atoms with Crippen LogP contribution in [0.3, 0.4) is 0 Å². The number of nitrogens with one attached hydrogen (secondary N) is 2. The first-order chi connectivity index (χ1) is 9.74. The lowest BCUT2D eigenvalue weighted by molar-refractivity contribution is -0.119. The van der Waals surface area contributed by atoms with E-state index in [-0.39, 0.29) is 12.5 Å². The molecule has 6 heteroatoms. The van der Waals surface area contributed by atoms with E-state index in [1.807, 2.05) is 30.3 Å². The minimum Gasteiger partial charge on any atom is -0.376 e. The Morgan fingerprint density at radius 3 is 2.80 bits per heavy atom. The summed E-state index contributed by atoms with van der Waals surface area (Å²) in [5.74, 6) is -0.215. The molecule has 0 fully saturated rings. The van der Waals surface area contributed by atoms with Crippen LogP contribution in [0.15, 0.2) is 58.4 Å². The summed E-state index contributed by atoms with van der Waals surface area (Å²) < 4.78 is 0.994. The van der Waals surface area contributed by atoms with E-state index < -0.39 is 0 Å². The number of carbonyl (C=O) groups excluding carboxylic acids is 1. The lowest BCUT2D eigenvalue weighted by atomic mass is 10.3. The Hall–Kier alpha value is -2.21. The van der Waals surface area contributed by atoms with Gasteiger partial charge in [0.15, 0.2) is 0 Å². The first-order valence-corrected chi connectivity index (χ1v) is 6.75. The molecule has 5 nitrogen and oxygen atoms in total. The first kappa shape index (κ1) is 14.2. The number of anilines is 1. The topological polar surface area (TPSA) is 66.4 Å². The highest BCUT2D eigenvalue weighted by atomic mass is 79.9. The van der Waals surface area contributed by atoms with Gasteiger partial charge in [-0.3, -0.25) is 9.78 Å². The predicted octanol–water partition coefficient (Wildman–Crippen LogP) is 2.41. The third-order valence-corrected chi connectivity index (χ3v) is 2.91. The van der Waals surface area contributed by atoms with Gasteiger partial charge in [0, 0.05) is 28.1 Å². The van der Waals surface area contributed by atoms with E-state index in [9.17, 15) is 4.79 Å². The normalized spacial score (nSPS) is 10.4. The molecular formula is C14H13BrN4O. The second-order valence-electron chi connectivity index (χ2n) is 3.94. The molecule has 0 spiro atoms. The highest BCUT2D eigenvalue weighted by Gasteiger charge is 1.99. The molecule has 1 aromatic carbocycles. The minimum atomic E-state index is -0.215. The van der Waals surface area contributed by atoms with Crippen molar-refractivity contribution in [1.29, 1.82) is 0 Å². The average molecular weight is 333 g/mol. The summed E-state index contributed by atoms with van der Waals surface area (Å²) in [7, 11) is 0. The summed E-state index contributed by atoms with van der Waals surface area (Å²) in [6, 6.07) is 11.2. The SMILES string of the molecule is O=C(CNc1ccc(Br)cc1)NN=Cc1cccnc1. The van der Waals surface area contributed by atoms with Crippen molar-refractivity contribution in [3.8, 4) is 0 Å². The molecule has 102 valence electrons. The number of carbonyl (C=O) groups is 1. The summed E-state index contributed by atoms with van der Waals surface area (Å²) in [6.45, 7) is 0.159. The Kier molecular flexibility index (Phi) is 5.25. The van der Waals surface area contributed by atoms with E-state index in [1.165, 1.54) is 0 Å². The number of hydrogen-bond acceptors (Lipinski definition) is 4. The molecular weight excluding hydrogens is 320 g/mol. The maximum Gasteiger partial charge on any atom is 0.259 e. The second-order valence-corrected chi connectivity index (χ2v) is 4.86. The fraction of sp³-hybridized carbons (Fsp3) is 0.0714. The van der Waals surface area contributed by atoms with Crippen molar-refractivity contribution in [2.45, 2.75) is 0 Å². The number of nitrogens with zero attached hydrogens (tertiary/aromatic N) is 2. The largest absolute Gasteiger partial charge is 0.376 e. The molecule has 2 aromatic rings. The summed E-state index contributed by atoms with van der Waals surface area (Å²) in [5.41, 5.74) is 4.15. The Labute approximate surface area is 125 Å². The van der Waals surface area contributed by atoms with Gasteiger partial charge in [-0.1, -0.05) is 22.0 Å². The van der Waals surface area contributed by atoms with Crippen molar-refractivity contribution >= 4 is 33.7 Å². The van der Waals surface area contributed by atoms with Crippen LogP contribution in [0, 0.1) is 0 Å². The van der Waals surface area contributed by atoms with E-state index in [2.05, 4.69) is 36.8 Å². The van der Waals surface area contributed by atoms with Crippen molar-refractivity contribution in [3.63, 3.8) is 0 Å². The Morgan fingerprint density at radius 1 is 1.30 bits per heavy atom. The lowest BCUT2D eigenvalue weighted by Gasteiger charge is -2.04. The fourth-order valence-corrected chi connectivity index (χ4v) is 1.69. The van der Waals surface area contributed by atoms with Crippen molar-refractivity contribution in [1.82, 2.24) is 10.4 Å². The fourth-order valence-electron chi connectivity index (χ4n) is 1.42. The van der Waals surface area contributed by atoms with Gasteiger partial charge >= 0.3 is 0 Å². The average Bonchev–Trinajstić information content (AvgIpc) is 2.48. The van der Waals surface area contributed by atoms with Crippen molar-refractivity contribution < 1.29 is 4.79 Å². The molecule has 0 unspecified atom stereocenters. The van der Waals surface area contributed by atoms with Gasteiger partial charge in [0.2, 0.25) is 0 Å². The predicted molar refractivity (Wildman–Crippen MR) is 82.6 cm³/mol. The zero-order valence-electron chi connectivity index (χ0n) is 10.6. The molecule has 0 radical (unpaired) electrons. The smallest absolute Gasteiger partial charge is 0.259 e. The first-order valence-electron chi connectivity index (χ1n) is 5.95. The molecule has 0 bridgehead atoms. The van der Waals surface area contributed by atoms with Crippen LogP contribution in [-0.2, 0) is 4.79 Å². The summed E-state index contributed by atoms with van der Waals surface area (Å²) in [5, 5.41) is 6.86. The second kappa shape index (κ2) is 7.40. The van der Waals surface area contributed by atoms with Crippen molar-refractivity contribution in [2.24, 2.45) is 5.10 Å². The number of benzene rings is 1. The monoisotopic (exact) mass is 332 g/mol. The maximum absolute atomic E-state index is 11.6. The molecule has 0 aliphatic carbocycles. The highest BCUT2D eigenvalue weighted by Crippen LogP contribution is 2.13. The van der Waals surface area contributed by atoms with Gasteiger partial charge in [-0.2, -0.15) is 5.10 Å². The molecule has 0 saturated heterocycles. The third kappa shape index (κ3) is 4.81. The van der Waals surface area contributed by atoms with Crippen LogP contribution >= 0.6 is 15.9 Å². The maximum atomic E-state index is 11.6. The van der Waals surface area contributed by atoms with E-state index in [0.29, 0.717) is 0 Å². The van der Waals surface area contributed by atoms with Crippen LogP contribution < -0.4 is 10.7 Å². The standard InChI is InChI=1S/C14H13BrN4O/c15-12-3-5-13(6-4-12)17-10-14(20)19-18-9-11-2-1-7-16-8-11/h1-9,17H,10H2,(H,19,20). The van der Waals surface area contributed by atoms with Gasteiger partial charge in [-0.25, -0.2) is 5.43 Å². The van der Waals surface area contributed by atoms with Gasteiger partial charge in [0.25, 0.3) is 5.91 Å². The lowest BCUT2D eigenvalue weighted by Crippen LogP contribution is -2.25. The number of pyridine rings is 1. The molecule has 1 amide bonds. The van der Waals surface area contributed by atoms with Crippen molar-refractivity contribution in [2.75, 3.05) is 11.9 Å². The zero-order valence-corrected chi connectivity index (χ0v) is 12.2. The van der Waals surface area contributed by atoms with Crippen LogP contribution in [0.1, 0.15) is 5.56 Å². The van der Waals surface area contributed by atoms with Gasteiger partial charge in [0.05, 0.1) is 12.8 Å². The number of hydrogen-bond donors (Lipinski definition) is 2. The number of hydrazone groups is 1. The van der Waals surface area contributed by atoms with Crippen LogP contribution in [0.25, 0.3) is 0 Å². The van der Waals surface area contributed by atoms with Crippen LogP contribution in [0.4, 0.5) is 5.69 Å². The molecule has 0 aliphatic heterocycles. The molecule has 0 atom stereocenters. The zero-order chi connectivity index (χ0) is 14.2. The van der Waals surface area contributed by atoms with Gasteiger partial charge < -0.3 is 5.32 Å². The molecule has 2 rings (SSSR count). The Balaban J connectivity index is 1.76. The molecule has 1 heterocycles. The molecule has 0 saturated carbocycles. The van der Waals surface area contributed by atoms with Gasteiger partial charge in [0.1, 0.15) is 0 Å². The van der Waals surface area contributed by atoms with Gasteiger partial charge in [-0.05, 0) is 30.3 Å².